The van der Waals surface area contributed by atoms with Crippen molar-refractivity contribution in [2.75, 3.05) is 12.4 Å². The SMILES string of the molecule is COC(=O)C1=C(C(=O)c2ccc(F)cc2)[C@@H](c2ccc(Cl)cc2Cl)n2nnnc2N1. The van der Waals surface area contributed by atoms with Crippen LogP contribution < -0.4 is 5.32 Å². The van der Waals surface area contributed by atoms with Crippen molar-refractivity contribution in [3.05, 3.63) is 80.7 Å². The maximum Gasteiger partial charge on any atom is 0.355 e. The molecule has 11 heteroatoms. The molecule has 1 atom stereocenters. The number of hydrogen-bond acceptors (Lipinski definition) is 7. The van der Waals surface area contributed by atoms with Crippen LogP contribution in [-0.2, 0) is 9.53 Å². The van der Waals surface area contributed by atoms with Crippen LogP contribution in [0, 0.1) is 5.82 Å². The Labute approximate surface area is 179 Å². The minimum atomic E-state index is -0.965. The minimum Gasteiger partial charge on any atom is -0.464 e. The summed E-state index contributed by atoms with van der Waals surface area (Å²) in [6.45, 7) is 0. The fraction of sp³-hybridized carbons (Fsp3) is 0.105. The van der Waals surface area contributed by atoms with E-state index in [1.54, 1.807) is 12.1 Å². The molecule has 0 aliphatic carbocycles. The first kappa shape index (κ1) is 20.0. The first-order valence-electron chi connectivity index (χ1n) is 8.53. The largest absolute Gasteiger partial charge is 0.464 e. The second-order valence-electron chi connectivity index (χ2n) is 6.26. The Morgan fingerprint density at radius 1 is 1.17 bits per heavy atom. The van der Waals surface area contributed by atoms with Crippen molar-refractivity contribution in [3.63, 3.8) is 0 Å². The molecule has 152 valence electrons. The van der Waals surface area contributed by atoms with Gasteiger partial charge in [-0.25, -0.2) is 9.18 Å². The molecule has 2 heterocycles. The fourth-order valence-electron chi connectivity index (χ4n) is 3.16. The molecule has 0 saturated carbocycles. The number of fused-ring (bicyclic) bond motifs is 1. The van der Waals surface area contributed by atoms with E-state index in [0.29, 0.717) is 10.6 Å². The fourth-order valence-corrected chi connectivity index (χ4v) is 3.67. The molecule has 8 nitrogen and oxygen atoms in total. The van der Waals surface area contributed by atoms with Gasteiger partial charge in [0.1, 0.15) is 17.6 Å². The third kappa shape index (κ3) is 3.42. The highest BCUT2D eigenvalue weighted by Gasteiger charge is 2.39. The molecule has 0 radical (unpaired) electrons. The van der Waals surface area contributed by atoms with Crippen LogP contribution in [-0.4, -0.2) is 39.1 Å². The first-order chi connectivity index (χ1) is 14.4. The predicted molar refractivity (Wildman–Crippen MR) is 106 cm³/mol. The maximum absolute atomic E-state index is 13.5. The van der Waals surface area contributed by atoms with Crippen LogP contribution in [0.5, 0.6) is 0 Å². The zero-order chi connectivity index (χ0) is 21.4. The molecule has 1 aromatic heterocycles. The van der Waals surface area contributed by atoms with Gasteiger partial charge in [0.15, 0.2) is 5.78 Å². The Bertz CT molecular complexity index is 1190. The van der Waals surface area contributed by atoms with E-state index < -0.39 is 23.6 Å². The van der Waals surface area contributed by atoms with Gasteiger partial charge < -0.3 is 10.1 Å². The summed E-state index contributed by atoms with van der Waals surface area (Å²) in [5.74, 6) is -1.75. The number of aromatic nitrogens is 4. The second kappa shape index (κ2) is 7.85. The molecule has 0 spiro atoms. The van der Waals surface area contributed by atoms with Crippen molar-refractivity contribution < 1.29 is 18.7 Å². The average molecular weight is 448 g/mol. The van der Waals surface area contributed by atoms with E-state index in [1.165, 1.54) is 30.0 Å². The number of carbonyl (C=O) groups excluding carboxylic acids is 2. The smallest absolute Gasteiger partial charge is 0.355 e. The van der Waals surface area contributed by atoms with E-state index in [2.05, 4.69) is 20.8 Å². The van der Waals surface area contributed by atoms with Crippen molar-refractivity contribution in [3.8, 4) is 0 Å². The van der Waals surface area contributed by atoms with Gasteiger partial charge >= 0.3 is 5.97 Å². The Kier molecular flexibility index (Phi) is 5.23. The van der Waals surface area contributed by atoms with Gasteiger partial charge in [-0.2, -0.15) is 4.68 Å². The lowest BCUT2D eigenvalue weighted by atomic mass is 9.89. The number of esters is 1. The van der Waals surface area contributed by atoms with Gasteiger partial charge in [-0.1, -0.05) is 34.4 Å². The quantitative estimate of drug-likeness (QED) is 0.482. The number of hydrogen-bond donors (Lipinski definition) is 1. The number of allylic oxidation sites excluding steroid dienone is 1. The number of methoxy groups -OCH3 is 1. The lowest BCUT2D eigenvalue weighted by Crippen LogP contribution is -2.33. The highest BCUT2D eigenvalue weighted by atomic mass is 35.5. The summed E-state index contributed by atoms with van der Waals surface area (Å²) in [4.78, 5) is 26.0. The van der Waals surface area contributed by atoms with Crippen LogP contribution >= 0.6 is 23.2 Å². The van der Waals surface area contributed by atoms with Gasteiger partial charge in [0.2, 0.25) is 5.95 Å². The number of carbonyl (C=O) groups is 2. The maximum atomic E-state index is 13.5. The highest BCUT2D eigenvalue weighted by Crippen LogP contribution is 2.39. The van der Waals surface area contributed by atoms with E-state index in [-0.39, 0.29) is 27.8 Å². The molecule has 3 aromatic rings. The summed E-state index contributed by atoms with van der Waals surface area (Å²) >= 11 is 12.4. The van der Waals surface area contributed by atoms with E-state index >= 15 is 0 Å². The summed E-state index contributed by atoms with van der Waals surface area (Å²) in [7, 11) is 1.18. The molecule has 2 aromatic carbocycles. The van der Waals surface area contributed by atoms with Crippen molar-refractivity contribution in [2.45, 2.75) is 6.04 Å². The Hall–Kier alpha value is -3.30. The standard InChI is InChI=1S/C19H12Cl2FN5O3/c1-30-18(29)15-14(17(28)9-2-5-11(22)6-3-9)16(27-19(23-15)24-25-26-27)12-7-4-10(20)8-13(12)21/h2-8,16H,1H3,(H,23,24,26)/t16-/m1/s1. The predicted octanol–water partition coefficient (Wildman–Crippen LogP) is 3.44. The molecule has 30 heavy (non-hydrogen) atoms. The van der Waals surface area contributed by atoms with Gasteiger partial charge in [-0.3, -0.25) is 4.79 Å². The number of nitrogens with one attached hydrogen (secondary N) is 1. The van der Waals surface area contributed by atoms with Crippen LogP contribution in [0.3, 0.4) is 0 Å². The minimum absolute atomic E-state index is 0.0162. The van der Waals surface area contributed by atoms with Gasteiger partial charge in [-0.05, 0) is 46.8 Å². The molecule has 1 aliphatic heterocycles. The van der Waals surface area contributed by atoms with Crippen LogP contribution in [0.2, 0.25) is 10.0 Å². The first-order valence-corrected chi connectivity index (χ1v) is 9.29. The van der Waals surface area contributed by atoms with E-state index in [9.17, 15) is 14.0 Å². The molecule has 1 N–H and O–H groups in total. The number of nitrogens with zero attached hydrogens (tertiary/aromatic N) is 4. The van der Waals surface area contributed by atoms with Crippen molar-refractivity contribution in [1.29, 1.82) is 0 Å². The van der Waals surface area contributed by atoms with Gasteiger partial charge in [0, 0.05) is 21.2 Å². The number of ketones is 1. The number of Topliss-reactive ketones (excluding diaryl/α,β-unsaturated/α-hetero) is 1. The Balaban J connectivity index is 1.97. The van der Waals surface area contributed by atoms with Crippen molar-refractivity contribution in [2.24, 2.45) is 0 Å². The van der Waals surface area contributed by atoms with E-state index in [4.69, 9.17) is 27.9 Å². The van der Waals surface area contributed by atoms with Gasteiger partial charge in [-0.15, -0.1) is 0 Å². The third-order valence-corrected chi connectivity index (χ3v) is 5.08. The molecule has 0 bridgehead atoms. The molecule has 0 unspecified atom stereocenters. The molecular formula is C19H12Cl2FN5O3. The highest BCUT2D eigenvalue weighted by molar-refractivity contribution is 6.35. The number of rotatable bonds is 4. The second-order valence-corrected chi connectivity index (χ2v) is 7.10. The average Bonchev–Trinajstić information content (AvgIpc) is 3.21. The number of ether oxygens (including phenoxy) is 1. The van der Waals surface area contributed by atoms with E-state index in [0.717, 1.165) is 12.1 Å². The van der Waals surface area contributed by atoms with Crippen LogP contribution in [0.4, 0.5) is 10.3 Å². The Morgan fingerprint density at radius 2 is 1.90 bits per heavy atom. The molecule has 0 saturated heterocycles. The van der Waals surface area contributed by atoms with E-state index in [1.807, 2.05) is 0 Å². The topological polar surface area (TPSA) is 99.0 Å². The summed E-state index contributed by atoms with van der Waals surface area (Å²) < 4.78 is 19.5. The molecule has 0 fully saturated rings. The summed E-state index contributed by atoms with van der Waals surface area (Å²) in [6.07, 6.45) is 0. The summed E-state index contributed by atoms with van der Waals surface area (Å²) in [5, 5.41) is 14.8. The molecule has 0 amide bonds. The molecular weight excluding hydrogens is 436 g/mol. The zero-order valence-electron chi connectivity index (χ0n) is 15.3. The van der Waals surface area contributed by atoms with Gasteiger partial charge in [0.05, 0.1) is 12.7 Å². The Morgan fingerprint density at radius 3 is 2.57 bits per heavy atom. The van der Waals surface area contributed by atoms with Crippen LogP contribution in [0.1, 0.15) is 22.0 Å². The normalized spacial score (nSPS) is 15.4. The number of anilines is 1. The van der Waals surface area contributed by atoms with Gasteiger partial charge in [0.25, 0.3) is 0 Å². The number of benzene rings is 2. The monoisotopic (exact) mass is 447 g/mol. The van der Waals surface area contributed by atoms with Crippen molar-refractivity contribution in [1.82, 2.24) is 20.2 Å². The lowest BCUT2D eigenvalue weighted by Gasteiger charge is -2.28. The third-order valence-electron chi connectivity index (χ3n) is 4.51. The molecule has 4 rings (SSSR count). The number of halogens is 3. The summed E-state index contributed by atoms with van der Waals surface area (Å²) in [6, 6.07) is 8.66. The van der Waals surface area contributed by atoms with Crippen LogP contribution in [0.25, 0.3) is 0 Å². The molecule has 1 aliphatic rings. The van der Waals surface area contributed by atoms with Crippen molar-refractivity contribution >= 4 is 40.9 Å². The number of tetrazole rings is 1. The van der Waals surface area contributed by atoms with Crippen LogP contribution in [0.15, 0.2) is 53.7 Å². The lowest BCUT2D eigenvalue weighted by molar-refractivity contribution is -0.136. The zero-order valence-corrected chi connectivity index (χ0v) is 16.8. The summed E-state index contributed by atoms with van der Waals surface area (Å²) in [5.41, 5.74) is 0.423.